The van der Waals surface area contributed by atoms with E-state index >= 15 is 0 Å². The maximum absolute atomic E-state index is 10.9. The predicted octanol–water partition coefficient (Wildman–Crippen LogP) is 3.66. The van der Waals surface area contributed by atoms with E-state index in [1.54, 1.807) is 18.2 Å². The van der Waals surface area contributed by atoms with Crippen molar-refractivity contribution in [2.24, 2.45) is 5.73 Å². The van der Waals surface area contributed by atoms with Gasteiger partial charge < -0.3 is 20.7 Å². The molecular formula is C16H15I2NO4. The molecule has 2 aromatic carbocycles. The Hall–Kier alpha value is -1.07. The summed E-state index contributed by atoms with van der Waals surface area (Å²) in [4.78, 5) is 10.9. The van der Waals surface area contributed by atoms with Crippen molar-refractivity contribution in [3.05, 3.63) is 48.6 Å². The van der Waals surface area contributed by atoms with Crippen LogP contribution in [0.25, 0.3) is 0 Å². The van der Waals surface area contributed by atoms with Gasteiger partial charge in [0.15, 0.2) is 0 Å². The monoisotopic (exact) mass is 539 g/mol. The van der Waals surface area contributed by atoms with E-state index in [4.69, 9.17) is 15.6 Å². The lowest BCUT2D eigenvalue weighted by molar-refractivity contribution is -0.138. The summed E-state index contributed by atoms with van der Waals surface area (Å²) in [6.07, 6.45) is 0.267. The van der Waals surface area contributed by atoms with Crippen LogP contribution in [-0.2, 0) is 11.2 Å². The van der Waals surface area contributed by atoms with E-state index in [1.807, 2.05) is 41.6 Å². The van der Waals surface area contributed by atoms with Gasteiger partial charge in [-0.2, -0.15) is 0 Å². The molecule has 0 radical (unpaired) electrons. The van der Waals surface area contributed by atoms with Gasteiger partial charge in [0.2, 0.25) is 0 Å². The van der Waals surface area contributed by atoms with Gasteiger partial charge in [-0.3, -0.25) is 4.79 Å². The Morgan fingerprint density at radius 1 is 1.26 bits per heavy atom. The van der Waals surface area contributed by atoms with Crippen LogP contribution >= 0.6 is 45.2 Å². The van der Waals surface area contributed by atoms with E-state index in [2.05, 4.69) is 22.6 Å². The van der Waals surface area contributed by atoms with Crippen molar-refractivity contribution >= 4 is 51.2 Å². The highest BCUT2D eigenvalue weighted by Crippen LogP contribution is 2.33. The number of carboxylic acid groups (broad SMARTS) is 1. The normalized spacial score (nSPS) is 12.0. The number of phenolic OH excluding ortho intramolecular Hbond substituents is 1. The Morgan fingerprint density at radius 2 is 1.96 bits per heavy atom. The second-order valence-corrected chi connectivity index (χ2v) is 7.41. The number of aromatic hydroxyl groups is 1. The van der Waals surface area contributed by atoms with Crippen LogP contribution in [0.2, 0.25) is 0 Å². The quantitative estimate of drug-likeness (QED) is 0.505. The summed E-state index contributed by atoms with van der Waals surface area (Å²) in [6, 6.07) is 7.86. The highest BCUT2D eigenvalue weighted by atomic mass is 127. The molecule has 0 aliphatic carbocycles. The minimum atomic E-state index is -1.02. The minimum Gasteiger partial charge on any atom is -0.507 e. The lowest BCUT2D eigenvalue weighted by Gasteiger charge is -2.14. The molecule has 5 nitrogen and oxygen atoms in total. The molecule has 122 valence electrons. The first kappa shape index (κ1) is 18.3. The van der Waals surface area contributed by atoms with Crippen LogP contribution in [0, 0.1) is 14.1 Å². The van der Waals surface area contributed by atoms with Gasteiger partial charge in [-0.15, -0.1) is 0 Å². The Morgan fingerprint density at radius 3 is 2.52 bits per heavy atom. The van der Waals surface area contributed by atoms with Crippen LogP contribution in [0.5, 0.6) is 17.2 Å². The first-order valence-electron chi connectivity index (χ1n) is 6.71. The standard InChI is InChI=1S/C16H15I2NO4/c1-8-4-9(6-13(19)16(21)22)5-12(18)15(8)23-10-2-3-14(20)11(17)7-10/h2-5,7,13,20H,6,19H2,1H3,(H,21,22)/t13-/m1/s1. The van der Waals surface area contributed by atoms with Crippen molar-refractivity contribution in [2.75, 3.05) is 0 Å². The molecule has 2 rings (SSSR count). The highest BCUT2D eigenvalue weighted by Gasteiger charge is 2.15. The molecule has 0 spiro atoms. The number of rotatable bonds is 5. The Bertz CT molecular complexity index is 726. The third kappa shape index (κ3) is 4.70. The summed E-state index contributed by atoms with van der Waals surface area (Å²) < 4.78 is 7.49. The number of halogens is 2. The van der Waals surface area contributed by atoms with Crippen LogP contribution in [-0.4, -0.2) is 22.2 Å². The smallest absolute Gasteiger partial charge is 0.320 e. The second kappa shape index (κ2) is 7.67. The van der Waals surface area contributed by atoms with Gasteiger partial charge in [-0.1, -0.05) is 6.07 Å². The Labute approximate surface area is 161 Å². The van der Waals surface area contributed by atoms with E-state index in [1.165, 1.54) is 0 Å². The van der Waals surface area contributed by atoms with E-state index in [0.717, 1.165) is 14.7 Å². The fraction of sp³-hybridized carbons (Fsp3) is 0.188. The zero-order valence-electron chi connectivity index (χ0n) is 12.2. The van der Waals surface area contributed by atoms with Crippen LogP contribution in [0.3, 0.4) is 0 Å². The van der Waals surface area contributed by atoms with Gasteiger partial charge in [0.1, 0.15) is 23.3 Å². The number of phenols is 1. The fourth-order valence-electron chi connectivity index (χ4n) is 2.06. The molecule has 0 fully saturated rings. The van der Waals surface area contributed by atoms with Crippen molar-refractivity contribution in [3.63, 3.8) is 0 Å². The minimum absolute atomic E-state index is 0.211. The van der Waals surface area contributed by atoms with Gasteiger partial charge in [0.25, 0.3) is 0 Å². The van der Waals surface area contributed by atoms with Gasteiger partial charge in [0, 0.05) is 0 Å². The fourth-order valence-corrected chi connectivity index (χ4v) is 3.48. The largest absolute Gasteiger partial charge is 0.507 e. The van der Waals surface area contributed by atoms with Gasteiger partial charge >= 0.3 is 5.97 Å². The number of aryl methyl sites for hydroxylation is 1. The van der Waals surface area contributed by atoms with Crippen LogP contribution in [0.15, 0.2) is 30.3 Å². The number of benzene rings is 2. The molecule has 0 aliphatic heterocycles. The number of aliphatic carboxylic acids is 1. The Kier molecular flexibility index (Phi) is 6.09. The number of carbonyl (C=O) groups is 1. The van der Waals surface area contributed by atoms with Crippen molar-refractivity contribution in [1.82, 2.24) is 0 Å². The van der Waals surface area contributed by atoms with Gasteiger partial charge in [-0.25, -0.2) is 0 Å². The maximum Gasteiger partial charge on any atom is 0.320 e. The van der Waals surface area contributed by atoms with Gasteiger partial charge in [0.05, 0.1) is 7.14 Å². The summed E-state index contributed by atoms with van der Waals surface area (Å²) in [6.45, 7) is 1.90. The highest BCUT2D eigenvalue weighted by molar-refractivity contribution is 14.1. The molecule has 7 heteroatoms. The molecule has 0 bridgehead atoms. The van der Waals surface area contributed by atoms with E-state index in [0.29, 0.717) is 15.1 Å². The number of nitrogens with two attached hydrogens (primary N) is 1. The molecule has 0 saturated heterocycles. The second-order valence-electron chi connectivity index (χ2n) is 5.09. The lowest BCUT2D eigenvalue weighted by Crippen LogP contribution is -2.32. The summed E-state index contributed by atoms with van der Waals surface area (Å²) in [7, 11) is 0. The number of carboxylic acids is 1. The average molecular weight is 539 g/mol. The van der Waals surface area contributed by atoms with Crippen LogP contribution in [0.1, 0.15) is 11.1 Å². The number of ether oxygens (including phenoxy) is 1. The molecule has 1 atom stereocenters. The first-order valence-corrected chi connectivity index (χ1v) is 8.87. The average Bonchev–Trinajstić information content (AvgIpc) is 2.46. The Balaban J connectivity index is 2.26. The van der Waals surface area contributed by atoms with Crippen molar-refractivity contribution < 1.29 is 19.7 Å². The zero-order chi connectivity index (χ0) is 17.1. The molecule has 0 aliphatic rings. The predicted molar refractivity (Wildman–Crippen MR) is 104 cm³/mol. The molecule has 0 aromatic heterocycles. The summed E-state index contributed by atoms with van der Waals surface area (Å²) in [5, 5.41) is 18.5. The van der Waals surface area contributed by atoms with E-state index < -0.39 is 12.0 Å². The maximum atomic E-state index is 10.9. The summed E-state index contributed by atoms with van der Waals surface area (Å²) >= 11 is 4.19. The third-order valence-electron chi connectivity index (χ3n) is 3.20. The van der Waals surface area contributed by atoms with Crippen LogP contribution in [0.4, 0.5) is 0 Å². The number of hydrogen-bond acceptors (Lipinski definition) is 4. The molecule has 23 heavy (non-hydrogen) atoms. The van der Waals surface area contributed by atoms with Crippen molar-refractivity contribution in [3.8, 4) is 17.2 Å². The first-order chi connectivity index (χ1) is 10.8. The lowest BCUT2D eigenvalue weighted by atomic mass is 10.0. The number of hydrogen-bond donors (Lipinski definition) is 3. The molecule has 0 unspecified atom stereocenters. The van der Waals surface area contributed by atoms with E-state index in [9.17, 15) is 9.90 Å². The molecule has 0 amide bonds. The van der Waals surface area contributed by atoms with Crippen LogP contribution < -0.4 is 10.5 Å². The van der Waals surface area contributed by atoms with Gasteiger partial charge in [-0.05, 0) is 93.9 Å². The molecule has 0 heterocycles. The molecule has 2 aromatic rings. The van der Waals surface area contributed by atoms with Crippen molar-refractivity contribution in [1.29, 1.82) is 0 Å². The molecule has 4 N–H and O–H groups in total. The zero-order valence-corrected chi connectivity index (χ0v) is 16.5. The van der Waals surface area contributed by atoms with Crippen molar-refractivity contribution in [2.45, 2.75) is 19.4 Å². The summed E-state index contributed by atoms with van der Waals surface area (Å²) in [5.74, 6) is 0.530. The third-order valence-corrected chi connectivity index (χ3v) is 4.87. The topological polar surface area (TPSA) is 92.8 Å². The SMILES string of the molecule is Cc1cc(C[C@@H](N)C(=O)O)cc(I)c1Oc1ccc(O)c(I)c1. The molecular weight excluding hydrogens is 524 g/mol. The molecule has 0 saturated carbocycles. The summed E-state index contributed by atoms with van der Waals surface area (Å²) in [5.41, 5.74) is 7.34. The van der Waals surface area contributed by atoms with E-state index in [-0.39, 0.29) is 12.2 Å².